The average Bonchev–Trinajstić information content (AvgIpc) is 2.37. The number of benzene rings is 1. The van der Waals surface area contributed by atoms with Gasteiger partial charge in [0, 0.05) is 11.1 Å². The Balaban J connectivity index is 3.03. The van der Waals surface area contributed by atoms with Crippen molar-refractivity contribution in [3.63, 3.8) is 0 Å². The summed E-state index contributed by atoms with van der Waals surface area (Å²) in [5.74, 6) is -1.10. The van der Waals surface area contributed by atoms with Crippen molar-refractivity contribution >= 4 is 23.3 Å². The van der Waals surface area contributed by atoms with Crippen molar-refractivity contribution in [2.45, 2.75) is 13.8 Å². The largest absolute Gasteiger partial charge is 0.421 e. The van der Waals surface area contributed by atoms with Crippen molar-refractivity contribution in [2.24, 2.45) is 0 Å². The maximum atomic E-state index is 11.4. The van der Waals surface area contributed by atoms with E-state index >= 15 is 0 Å². The van der Waals surface area contributed by atoms with Crippen LogP contribution in [0.25, 0.3) is 0 Å². The number of nitrogen functional groups attached to an aromatic ring is 2. The molecule has 4 N–H and O–H groups in total. The predicted octanol–water partition coefficient (Wildman–Crippen LogP) is 1.81. The molecule has 0 radical (unpaired) electrons. The lowest BCUT2D eigenvalue weighted by Crippen LogP contribution is -2.13. The Morgan fingerprint density at radius 2 is 1.20 bits per heavy atom. The lowest BCUT2D eigenvalue weighted by molar-refractivity contribution is -0.131. The van der Waals surface area contributed by atoms with Gasteiger partial charge in [-0.05, 0) is 26.0 Å². The normalized spacial score (nSPS) is 9.70. The van der Waals surface area contributed by atoms with E-state index in [4.69, 9.17) is 20.9 Å². The quantitative estimate of drug-likeness (QED) is 0.376. The maximum Gasteiger partial charge on any atom is 0.338 e. The highest BCUT2D eigenvalue weighted by atomic mass is 16.5. The molecule has 0 aliphatic rings. The van der Waals surface area contributed by atoms with Crippen LogP contribution in [0.2, 0.25) is 0 Å². The van der Waals surface area contributed by atoms with Crippen molar-refractivity contribution in [3.8, 4) is 11.5 Å². The first kappa shape index (κ1) is 15.3. The van der Waals surface area contributed by atoms with E-state index in [0.29, 0.717) is 0 Å². The van der Waals surface area contributed by atoms with E-state index < -0.39 is 11.9 Å². The van der Waals surface area contributed by atoms with Crippen molar-refractivity contribution in [1.82, 2.24) is 0 Å². The van der Waals surface area contributed by atoms with Crippen LogP contribution in [0.4, 0.5) is 11.4 Å². The predicted molar refractivity (Wildman–Crippen MR) is 76.2 cm³/mol. The Morgan fingerprint density at radius 3 is 1.45 bits per heavy atom. The van der Waals surface area contributed by atoms with Crippen LogP contribution in [0, 0.1) is 0 Å². The summed E-state index contributed by atoms with van der Waals surface area (Å²) in [7, 11) is 0. The van der Waals surface area contributed by atoms with Gasteiger partial charge in [0.1, 0.15) is 11.4 Å². The Kier molecular flexibility index (Phi) is 4.53. The lowest BCUT2D eigenvalue weighted by Gasteiger charge is -2.12. The fraction of sp³-hybridized carbons (Fsp3) is 0.143. The van der Waals surface area contributed by atoms with E-state index in [2.05, 4.69) is 13.2 Å². The standard InChI is InChI=1S/C14H16N2O4/c1-7(2)13(17)19-9-5-6-10(12(16)11(9)15)20-14(18)8(3)4/h5-6H,1,3,15-16H2,2,4H3. The van der Waals surface area contributed by atoms with Gasteiger partial charge in [-0.25, -0.2) is 9.59 Å². The topological polar surface area (TPSA) is 105 Å². The number of hydrogen-bond acceptors (Lipinski definition) is 6. The van der Waals surface area contributed by atoms with Gasteiger partial charge in [0.2, 0.25) is 0 Å². The summed E-state index contributed by atoms with van der Waals surface area (Å²) in [6.45, 7) is 9.92. The molecule has 0 atom stereocenters. The molecule has 1 rings (SSSR count). The zero-order chi connectivity index (χ0) is 15.4. The van der Waals surface area contributed by atoms with Gasteiger partial charge in [-0.1, -0.05) is 13.2 Å². The molecule has 6 nitrogen and oxygen atoms in total. The van der Waals surface area contributed by atoms with Crippen LogP contribution in [0.5, 0.6) is 11.5 Å². The van der Waals surface area contributed by atoms with Gasteiger partial charge in [-0.3, -0.25) is 0 Å². The summed E-state index contributed by atoms with van der Waals surface area (Å²) < 4.78 is 9.99. The zero-order valence-corrected chi connectivity index (χ0v) is 11.4. The molecule has 0 aliphatic carbocycles. The minimum atomic E-state index is -0.622. The smallest absolute Gasteiger partial charge is 0.338 e. The van der Waals surface area contributed by atoms with Gasteiger partial charge in [0.05, 0.1) is 0 Å². The van der Waals surface area contributed by atoms with Crippen LogP contribution in [-0.2, 0) is 9.59 Å². The third kappa shape index (κ3) is 3.38. The molecule has 0 spiro atoms. The highest BCUT2D eigenvalue weighted by molar-refractivity contribution is 5.92. The number of carbonyl (C=O) groups excluding carboxylic acids is 2. The number of esters is 2. The summed E-state index contributed by atoms with van der Waals surface area (Å²) >= 11 is 0. The summed E-state index contributed by atoms with van der Waals surface area (Å²) in [5.41, 5.74) is 11.9. The lowest BCUT2D eigenvalue weighted by atomic mass is 10.2. The number of anilines is 2. The van der Waals surface area contributed by atoms with Crippen LogP contribution in [-0.4, -0.2) is 11.9 Å². The molecule has 0 saturated heterocycles. The Morgan fingerprint density at radius 1 is 0.900 bits per heavy atom. The second kappa shape index (κ2) is 5.92. The summed E-state index contributed by atoms with van der Waals surface area (Å²) in [6, 6.07) is 2.77. The van der Waals surface area contributed by atoms with Crippen LogP contribution in [0.15, 0.2) is 36.4 Å². The van der Waals surface area contributed by atoms with Gasteiger partial charge in [0.15, 0.2) is 11.5 Å². The van der Waals surface area contributed by atoms with Crippen LogP contribution < -0.4 is 20.9 Å². The minimum absolute atomic E-state index is 0.00613. The molecule has 0 unspecified atom stereocenters. The first-order chi connectivity index (χ1) is 9.23. The molecule has 0 fully saturated rings. The maximum absolute atomic E-state index is 11.4. The molecular formula is C14H16N2O4. The van der Waals surface area contributed by atoms with Crippen molar-refractivity contribution in [2.75, 3.05) is 11.5 Å². The van der Waals surface area contributed by atoms with Crippen molar-refractivity contribution in [3.05, 3.63) is 36.4 Å². The van der Waals surface area contributed by atoms with E-state index in [1.165, 1.54) is 26.0 Å². The van der Waals surface area contributed by atoms with E-state index in [1.807, 2.05) is 0 Å². The van der Waals surface area contributed by atoms with Gasteiger partial charge in [-0.15, -0.1) is 0 Å². The first-order valence-corrected chi connectivity index (χ1v) is 5.67. The molecule has 0 bridgehead atoms. The third-order valence-corrected chi connectivity index (χ3v) is 2.31. The van der Waals surface area contributed by atoms with Crippen molar-refractivity contribution in [1.29, 1.82) is 0 Å². The summed E-state index contributed by atoms with van der Waals surface area (Å²) in [4.78, 5) is 22.8. The molecule has 1 aromatic rings. The van der Waals surface area contributed by atoms with E-state index in [1.54, 1.807) is 0 Å². The molecule has 6 heteroatoms. The fourth-order valence-electron chi connectivity index (χ4n) is 1.15. The minimum Gasteiger partial charge on any atom is -0.421 e. The first-order valence-electron chi connectivity index (χ1n) is 5.67. The van der Waals surface area contributed by atoms with Crippen LogP contribution in [0.1, 0.15) is 13.8 Å². The Hall–Kier alpha value is -2.76. The molecule has 1 aromatic carbocycles. The monoisotopic (exact) mass is 276 g/mol. The molecule has 0 aromatic heterocycles. The molecule has 0 saturated carbocycles. The van der Waals surface area contributed by atoms with Crippen molar-refractivity contribution < 1.29 is 19.1 Å². The summed E-state index contributed by atoms with van der Waals surface area (Å²) in [6.07, 6.45) is 0. The second-order valence-electron chi connectivity index (χ2n) is 4.23. The highest BCUT2D eigenvalue weighted by Crippen LogP contribution is 2.36. The van der Waals surface area contributed by atoms with E-state index in [0.717, 1.165) is 0 Å². The van der Waals surface area contributed by atoms with E-state index in [-0.39, 0.29) is 34.0 Å². The van der Waals surface area contributed by atoms with Crippen LogP contribution in [0.3, 0.4) is 0 Å². The number of carbonyl (C=O) groups is 2. The summed E-state index contributed by atoms with van der Waals surface area (Å²) in [5, 5.41) is 0. The van der Waals surface area contributed by atoms with Gasteiger partial charge in [-0.2, -0.15) is 0 Å². The molecule has 20 heavy (non-hydrogen) atoms. The molecular weight excluding hydrogens is 260 g/mol. The number of hydrogen-bond donors (Lipinski definition) is 2. The number of rotatable bonds is 4. The molecule has 0 amide bonds. The highest BCUT2D eigenvalue weighted by Gasteiger charge is 2.16. The zero-order valence-electron chi connectivity index (χ0n) is 11.4. The Labute approximate surface area is 116 Å². The fourth-order valence-corrected chi connectivity index (χ4v) is 1.15. The Bertz CT molecular complexity index is 552. The second-order valence-corrected chi connectivity index (χ2v) is 4.23. The molecule has 0 aliphatic heterocycles. The van der Waals surface area contributed by atoms with Crippen LogP contribution >= 0.6 is 0 Å². The number of ether oxygens (including phenoxy) is 2. The van der Waals surface area contributed by atoms with Gasteiger partial charge >= 0.3 is 11.9 Å². The molecule has 106 valence electrons. The average molecular weight is 276 g/mol. The van der Waals surface area contributed by atoms with Gasteiger partial charge < -0.3 is 20.9 Å². The van der Waals surface area contributed by atoms with E-state index in [9.17, 15) is 9.59 Å². The van der Waals surface area contributed by atoms with Gasteiger partial charge in [0.25, 0.3) is 0 Å². The third-order valence-electron chi connectivity index (χ3n) is 2.31. The molecule has 0 heterocycles. The SMILES string of the molecule is C=C(C)C(=O)Oc1ccc(OC(=O)C(=C)C)c(N)c1N. The number of nitrogens with two attached hydrogens (primary N) is 2.